The van der Waals surface area contributed by atoms with Crippen LogP contribution in [-0.4, -0.2) is 9.13 Å². The largest absolute Gasteiger partial charge is 0.309 e. The summed E-state index contributed by atoms with van der Waals surface area (Å²) in [7, 11) is 0. The van der Waals surface area contributed by atoms with Crippen molar-refractivity contribution < 1.29 is 0 Å². The van der Waals surface area contributed by atoms with Crippen molar-refractivity contribution in [2.24, 2.45) is 0 Å². The van der Waals surface area contributed by atoms with E-state index in [2.05, 4.69) is 205 Å². The minimum absolute atomic E-state index is 0.0751. The molecule has 10 aromatic rings. The first-order chi connectivity index (χ1) is 26.1. The molecule has 0 spiro atoms. The van der Waals surface area contributed by atoms with Crippen molar-refractivity contribution in [1.82, 2.24) is 9.13 Å². The standard InChI is InChI=1S/C51H36N2/c1-51(2)43-22-12-9-19-39(43)40-26-25-37(32-44(40)51)52-45-23-13-10-20-41(45)49-47(52)27-28-48-50(49)42-21-11-14-24-46(42)53(48)38-30-35(33-15-5-3-6-16-33)29-36(31-38)34-17-7-4-8-18-34/h3-32H,1-2H3. The Morgan fingerprint density at radius 2 is 0.830 bits per heavy atom. The van der Waals surface area contributed by atoms with Crippen LogP contribution >= 0.6 is 0 Å². The van der Waals surface area contributed by atoms with E-state index in [9.17, 15) is 0 Å². The molecule has 0 N–H and O–H groups in total. The zero-order valence-electron chi connectivity index (χ0n) is 29.7. The topological polar surface area (TPSA) is 9.86 Å². The Balaban J connectivity index is 1.20. The SMILES string of the molecule is CC1(C)c2ccccc2-c2ccc(-n3c4ccccc4c4c5c6ccccc6n(-c6cc(-c7ccccc7)cc(-c7ccccc7)c6)c5ccc43)cc21. The zero-order valence-corrected chi connectivity index (χ0v) is 29.7. The normalized spacial score (nSPS) is 13.2. The van der Waals surface area contributed by atoms with Gasteiger partial charge in [-0.25, -0.2) is 0 Å². The van der Waals surface area contributed by atoms with Crippen LogP contribution < -0.4 is 0 Å². The number of hydrogen-bond donors (Lipinski definition) is 0. The van der Waals surface area contributed by atoms with Gasteiger partial charge >= 0.3 is 0 Å². The van der Waals surface area contributed by atoms with Crippen LogP contribution in [0.5, 0.6) is 0 Å². The molecule has 11 rings (SSSR count). The third-order valence-corrected chi connectivity index (χ3v) is 11.7. The van der Waals surface area contributed by atoms with Gasteiger partial charge in [0.1, 0.15) is 0 Å². The second-order valence-corrected chi connectivity index (χ2v) is 15.0. The molecule has 250 valence electrons. The van der Waals surface area contributed by atoms with Gasteiger partial charge in [-0.1, -0.05) is 141 Å². The van der Waals surface area contributed by atoms with Crippen LogP contribution in [0.2, 0.25) is 0 Å². The van der Waals surface area contributed by atoms with E-state index in [0.29, 0.717) is 0 Å². The number of benzene rings is 8. The van der Waals surface area contributed by atoms with Gasteiger partial charge in [0.2, 0.25) is 0 Å². The molecule has 0 fully saturated rings. The molecule has 0 unspecified atom stereocenters. The van der Waals surface area contributed by atoms with E-state index in [1.54, 1.807) is 0 Å². The lowest BCUT2D eigenvalue weighted by molar-refractivity contribution is 0.660. The zero-order chi connectivity index (χ0) is 35.3. The molecule has 0 amide bonds. The first-order valence-electron chi connectivity index (χ1n) is 18.5. The maximum absolute atomic E-state index is 2.49. The van der Waals surface area contributed by atoms with E-state index in [-0.39, 0.29) is 5.41 Å². The Bertz CT molecular complexity index is 3010. The fourth-order valence-electron chi connectivity index (χ4n) is 9.24. The van der Waals surface area contributed by atoms with Gasteiger partial charge in [-0.15, -0.1) is 0 Å². The second kappa shape index (κ2) is 11.2. The lowest BCUT2D eigenvalue weighted by Crippen LogP contribution is -2.15. The van der Waals surface area contributed by atoms with Gasteiger partial charge in [0, 0.05) is 38.3 Å². The molecular formula is C51H36N2. The lowest BCUT2D eigenvalue weighted by atomic mass is 9.82. The van der Waals surface area contributed by atoms with Gasteiger partial charge in [0.15, 0.2) is 0 Å². The van der Waals surface area contributed by atoms with Crippen molar-refractivity contribution in [1.29, 1.82) is 0 Å². The first-order valence-corrected chi connectivity index (χ1v) is 18.5. The van der Waals surface area contributed by atoms with E-state index in [1.807, 2.05) is 0 Å². The van der Waals surface area contributed by atoms with E-state index in [0.717, 1.165) is 5.69 Å². The molecule has 53 heavy (non-hydrogen) atoms. The number of nitrogens with zero attached hydrogens (tertiary/aromatic N) is 2. The number of rotatable bonds is 4. The van der Waals surface area contributed by atoms with Crippen LogP contribution in [0.3, 0.4) is 0 Å². The second-order valence-electron chi connectivity index (χ2n) is 15.0. The summed E-state index contributed by atoms with van der Waals surface area (Å²) in [5, 5.41) is 5.10. The summed E-state index contributed by atoms with van der Waals surface area (Å²) in [6.45, 7) is 4.73. The fourth-order valence-corrected chi connectivity index (χ4v) is 9.24. The minimum atomic E-state index is -0.0751. The highest BCUT2D eigenvalue weighted by Crippen LogP contribution is 2.50. The van der Waals surface area contributed by atoms with Gasteiger partial charge in [0.05, 0.1) is 22.1 Å². The summed E-state index contributed by atoms with van der Waals surface area (Å²) in [6.07, 6.45) is 0. The maximum atomic E-state index is 2.49. The molecule has 0 saturated carbocycles. The molecule has 0 saturated heterocycles. The Hall–Kier alpha value is -6.64. The predicted molar refractivity (Wildman–Crippen MR) is 224 cm³/mol. The number of aromatic nitrogens is 2. The van der Waals surface area contributed by atoms with Crippen molar-refractivity contribution >= 4 is 43.6 Å². The van der Waals surface area contributed by atoms with Crippen LogP contribution in [0.15, 0.2) is 182 Å². The molecular weight excluding hydrogens is 641 g/mol. The molecule has 2 aromatic heterocycles. The summed E-state index contributed by atoms with van der Waals surface area (Å²) in [6, 6.07) is 67.1. The van der Waals surface area contributed by atoms with Crippen molar-refractivity contribution in [2.75, 3.05) is 0 Å². The lowest BCUT2D eigenvalue weighted by Gasteiger charge is -2.22. The van der Waals surface area contributed by atoms with E-state index < -0.39 is 0 Å². The number of fused-ring (bicyclic) bond motifs is 10. The molecule has 2 heteroatoms. The van der Waals surface area contributed by atoms with E-state index >= 15 is 0 Å². The van der Waals surface area contributed by atoms with Gasteiger partial charge in [-0.05, 0) is 99.1 Å². The van der Waals surface area contributed by atoms with Gasteiger partial charge < -0.3 is 9.13 Å². The highest BCUT2D eigenvalue weighted by Gasteiger charge is 2.35. The van der Waals surface area contributed by atoms with Gasteiger partial charge in [-0.3, -0.25) is 0 Å². The van der Waals surface area contributed by atoms with E-state index in [4.69, 9.17) is 0 Å². The highest BCUT2D eigenvalue weighted by molar-refractivity contribution is 6.29. The van der Waals surface area contributed by atoms with Crippen molar-refractivity contribution in [3.8, 4) is 44.8 Å². The molecule has 0 aliphatic heterocycles. The Labute approximate surface area is 308 Å². The summed E-state index contributed by atoms with van der Waals surface area (Å²) in [5.41, 5.74) is 17.4. The molecule has 0 bridgehead atoms. The van der Waals surface area contributed by atoms with Gasteiger partial charge in [0.25, 0.3) is 0 Å². The molecule has 8 aromatic carbocycles. The third kappa shape index (κ3) is 4.33. The van der Waals surface area contributed by atoms with Crippen LogP contribution in [0.25, 0.3) is 88.4 Å². The van der Waals surface area contributed by atoms with Crippen LogP contribution in [-0.2, 0) is 5.41 Å². The third-order valence-electron chi connectivity index (χ3n) is 11.7. The molecule has 0 radical (unpaired) electrons. The molecule has 1 aliphatic carbocycles. The Morgan fingerprint density at radius 3 is 1.43 bits per heavy atom. The Morgan fingerprint density at radius 1 is 0.340 bits per heavy atom. The van der Waals surface area contributed by atoms with Crippen LogP contribution in [0, 0.1) is 0 Å². The molecule has 0 atom stereocenters. The smallest absolute Gasteiger partial charge is 0.0548 e. The maximum Gasteiger partial charge on any atom is 0.0548 e. The summed E-state index contributed by atoms with van der Waals surface area (Å²) in [5.74, 6) is 0. The Kier molecular flexibility index (Phi) is 6.33. The van der Waals surface area contributed by atoms with E-state index in [1.165, 1.54) is 93.8 Å². The van der Waals surface area contributed by atoms with Crippen LogP contribution in [0.1, 0.15) is 25.0 Å². The quantitative estimate of drug-likeness (QED) is 0.176. The van der Waals surface area contributed by atoms with Crippen molar-refractivity contribution in [3.63, 3.8) is 0 Å². The van der Waals surface area contributed by atoms with Gasteiger partial charge in [-0.2, -0.15) is 0 Å². The predicted octanol–water partition coefficient (Wildman–Crippen LogP) is 13.5. The summed E-state index contributed by atoms with van der Waals surface area (Å²) < 4.78 is 4.96. The molecule has 2 nitrogen and oxygen atoms in total. The highest BCUT2D eigenvalue weighted by atomic mass is 15.0. The summed E-state index contributed by atoms with van der Waals surface area (Å²) in [4.78, 5) is 0. The number of hydrogen-bond acceptors (Lipinski definition) is 0. The van der Waals surface area contributed by atoms with Crippen LogP contribution in [0.4, 0.5) is 0 Å². The average molecular weight is 677 g/mol. The summed E-state index contributed by atoms with van der Waals surface area (Å²) >= 11 is 0. The minimum Gasteiger partial charge on any atom is -0.309 e. The molecule has 1 aliphatic rings. The average Bonchev–Trinajstić information content (AvgIpc) is 3.81. The fraction of sp³-hybridized carbons (Fsp3) is 0.0588. The van der Waals surface area contributed by atoms with Crippen molar-refractivity contribution in [2.45, 2.75) is 19.3 Å². The molecule has 2 heterocycles. The number of para-hydroxylation sites is 2. The monoisotopic (exact) mass is 676 g/mol. The van der Waals surface area contributed by atoms with Crippen molar-refractivity contribution in [3.05, 3.63) is 193 Å². The first kappa shape index (κ1) is 30.0.